The number of carbonyl (C=O) groups excluding carboxylic acids is 1. The summed E-state index contributed by atoms with van der Waals surface area (Å²) < 4.78 is 15.1. The predicted molar refractivity (Wildman–Crippen MR) is 79.5 cm³/mol. The number of carbonyl (C=O) groups is 1. The number of aryl methyl sites for hydroxylation is 1. The summed E-state index contributed by atoms with van der Waals surface area (Å²) in [5, 5.41) is 4.00. The molecule has 0 aliphatic heterocycles. The third kappa shape index (κ3) is 3.93. The summed E-state index contributed by atoms with van der Waals surface area (Å²) in [6, 6.07) is 0. The van der Waals surface area contributed by atoms with Gasteiger partial charge < -0.3 is 14.8 Å². The molecule has 0 radical (unpaired) electrons. The molecule has 1 aliphatic rings. The molecule has 2 rings (SSSR count). The molecule has 1 N–H and O–H groups in total. The Kier molecular flexibility index (Phi) is 5.79. The number of rotatable bonds is 7. The van der Waals surface area contributed by atoms with Gasteiger partial charge in [0.1, 0.15) is 10.6 Å². The van der Waals surface area contributed by atoms with Gasteiger partial charge in [0.2, 0.25) is 0 Å². The SMILES string of the molecule is CCOC(=O)c1c(C)nsc1NCCOC1CCCC1. The largest absolute Gasteiger partial charge is 0.462 e. The van der Waals surface area contributed by atoms with Gasteiger partial charge in [0, 0.05) is 6.54 Å². The summed E-state index contributed by atoms with van der Waals surface area (Å²) in [5.74, 6) is -0.307. The van der Waals surface area contributed by atoms with Gasteiger partial charge in [-0.2, -0.15) is 4.37 Å². The van der Waals surface area contributed by atoms with Crippen molar-refractivity contribution in [3.05, 3.63) is 11.3 Å². The second-order valence-corrected chi connectivity index (χ2v) is 5.67. The van der Waals surface area contributed by atoms with E-state index in [1.165, 1.54) is 37.2 Å². The molecule has 5 nitrogen and oxygen atoms in total. The molecule has 1 saturated carbocycles. The zero-order valence-electron chi connectivity index (χ0n) is 12.1. The lowest BCUT2D eigenvalue weighted by Crippen LogP contribution is -2.16. The highest BCUT2D eigenvalue weighted by atomic mass is 32.1. The van der Waals surface area contributed by atoms with E-state index in [1.54, 1.807) is 6.92 Å². The van der Waals surface area contributed by atoms with Crippen LogP contribution < -0.4 is 5.32 Å². The van der Waals surface area contributed by atoms with Gasteiger partial charge >= 0.3 is 5.97 Å². The Labute approximate surface area is 123 Å². The molecule has 1 fully saturated rings. The Hall–Kier alpha value is -1.14. The maximum absolute atomic E-state index is 11.9. The van der Waals surface area contributed by atoms with Crippen LogP contribution >= 0.6 is 11.5 Å². The number of anilines is 1. The van der Waals surface area contributed by atoms with Gasteiger partial charge in [-0.15, -0.1) is 0 Å². The molecule has 0 saturated heterocycles. The van der Waals surface area contributed by atoms with Crippen LogP contribution in [0.15, 0.2) is 0 Å². The highest BCUT2D eigenvalue weighted by Gasteiger charge is 2.19. The number of ether oxygens (including phenoxy) is 2. The summed E-state index contributed by atoms with van der Waals surface area (Å²) in [7, 11) is 0. The first-order valence-electron chi connectivity index (χ1n) is 7.21. The van der Waals surface area contributed by atoms with Crippen molar-refractivity contribution in [2.24, 2.45) is 0 Å². The number of hydrogen-bond acceptors (Lipinski definition) is 6. The van der Waals surface area contributed by atoms with Gasteiger partial charge in [0.25, 0.3) is 0 Å². The van der Waals surface area contributed by atoms with Crippen molar-refractivity contribution < 1.29 is 14.3 Å². The fourth-order valence-corrected chi connectivity index (χ4v) is 3.19. The summed E-state index contributed by atoms with van der Waals surface area (Å²) >= 11 is 1.30. The maximum Gasteiger partial charge on any atom is 0.343 e. The first-order valence-corrected chi connectivity index (χ1v) is 7.98. The lowest BCUT2D eigenvalue weighted by Gasteiger charge is -2.11. The molecule has 0 spiro atoms. The van der Waals surface area contributed by atoms with E-state index in [0.717, 1.165) is 5.00 Å². The quantitative estimate of drug-likeness (QED) is 0.619. The third-order valence-corrected chi connectivity index (χ3v) is 4.28. The summed E-state index contributed by atoms with van der Waals surface area (Å²) in [4.78, 5) is 11.9. The molecule has 0 atom stereocenters. The van der Waals surface area contributed by atoms with Gasteiger partial charge in [-0.1, -0.05) is 12.8 Å². The molecule has 0 amide bonds. The lowest BCUT2D eigenvalue weighted by molar-refractivity contribution is 0.0526. The molecule has 0 aromatic carbocycles. The van der Waals surface area contributed by atoms with Gasteiger partial charge in [0.05, 0.1) is 25.0 Å². The predicted octanol–water partition coefficient (Wildman–Crippen LogP) is 3.00. The lowest BCUT2D eigenvalue weighted by atomic mass is 10.2. The Bertz CT molecular complexity index is 442. The highest BCUT2D eigenvalue weighted by molar-refractivity contribution is 7.10. The van der Waals surface area contributed by atoms with E-state index in [9.17, 15) is 4.79 Å². The average molecular weight is 298 g/mol. The highest BCUT2D eigenvalue weighted by Crippen LogP contribution is 2.25. The topological polar surface area (TPSA) is 60.5 Å². The third-order valence-electron chi connectivity index (χ3n) is 3.39. The monoisotopic (exact) mass is 298 g/mol. The van der Waals surface area contributed by atoms with E-state index in [1.807, 2.05) is 6.92 Å². The maximum atomic E-state index is 11.9. The molecule has 1 heterocycles. The van der Waals surface area contributed by atoms with Gasteiger partial charge in [-0.3, -0.25) is 0 Å². The van der Waals surface area contributed by atoms with E-state index in [2.05, 4.69) is 9.69 Å². The molecular weight excluding hydrogens is 276 g/mol. The second kappa shape index (κ2) is 7.59. The first kappa shape index (κ1) is 15.3. The van der Waals surface area contributed by atoms with Crippen molar-refractivity contribution >= 4 is 22.5 Å². The van der Waals surface area contributed by atoms with Crippen LogP contribution in [0, 0.1) is 6.92 Å². The smallest absolute Gasteiger partial charge is 0.343 e. The molecule has 0 bridgehead atoms. The van der Waals surface area contributed by atoms with Crippen LogP contribution in [0.25, 0.3) is 0 Å². The molecule has 6 heteroatoms. The molecular formula is C14H22N2O3S. The summed E-state index contributed by atoms with van der Waals surface area (Å²) in [6.07, 6.45) is 5.32. The molecule has 1 aliphatic carbocycles. The van der Waals surface area contributed by atoms with Crippen LogP contribution in [0.5, 0.6) is 0 Å². The number of aromatic nitrogens is 1. The van der Waals surface area contributed by atoms with Crippen molar-refractivity contribution in [2.45, 2.75) is 45.6 Å². The molecule has 1 aromatic heterocycles. The Morgan fingerprint density at radius 1 is 1.45 bits per heavy atom. The minimum Gasteiger partial charge on any atom is -0.462 e. The number of esters is 1. The number of nitrogens with zero attached hydrogens (tertiary/aromatic N) is 1. The standard InChI is InChI=1S/C14H22N2O3S/c1-3-18-14(17)12-10(2)16-20-13(12)15-8-9-19-11-6-4-5-7-11/h11,15H,3-9H2,1-2H3. The van der Waals surface area contributed by atoms with E-state index >= 15 is 0 Å². The van der Waals surface area contributed by atoms with Crippen LogP contribution in [0.2, 0.25) is 0 Å². The van der Waals surface area contributed by atoms with Crippen LogP contribution in [0.3, 0.4) is 0 Å². The zero-order valence-corrected chi connectivity index (χ0v) is 12.9. The van der Waals surface area contributed by atoms with Crippen LogP contribution in [0.4, 0.5) is 5.00 Å². The van der Waals surface area contributed by atoms with Crippen molar-refractivity contribution in [1.82, 2.24) is 4.37 Å². The Morgan fingerprint density at radius 2 is 2.20 bits per heavy atom. The van der Waals surface area contributed by atoms with E-state index < -0.39 is 0 Å². The van der Waals surface area contributed by atoms with Crippen molar-refractivity contribution in [2.75, 3.05) is 25.1 Å². The fraction of sp³-hybridized carbons (Fsp3) is 0.714. The van der Waals surface area contributed by atoms with Crippen LogP contribution in [0.1, 0.15) is 48.7 Å². The molecule has 112 valence electrons. The molecule has 0 unspecified atom stereocenters. The van der Waals surface area contributed by atoms with Gasteiger partial charge in [0.15, 0.2) is 0 Å². The Balaban J connectivity index is 1.81. The van der Waals surface area contributed by atoms with Crippen molar-refractivity contribution in [3.63, 3.8) is 0 Å². The fourth-order valence-electron chi connectivity index (χ4n) is 2.38. The Morgan fingerprint density at radius 3 is 2.90 bits per heavy atom. The second-order valence-electron chi connectivity index (χ2n) is 4.90. The molecule has 1 aromatic rings. The zero-order chi connectivity index (χ0) is 14.4. The van der Waals surface area contributed by atoms with Crippen LogP contribution in [-0.2, 0) is 9.47 Å². The van der Waals surface area contributed by atoms with Crippen LogP contribution in [-0.4, -0.2) is 36.2 Å². The van der Waals surface area contributed by atoms with Crippen molar-refractivity contribution in [1.29, 1.82) is 0 Å². The van der Waals surface area contributed by atoms with Gasteiger partial charge in [-0.05, 0) is 38.2 Å². The number of hydrogen-bond donors (Lipinski definition) is 1. The number of nitrogens with one attached hydrogen (secondary N) is 1. The summed E-state index contributed by atoms with van der Waals surface area (Å²) in [6.45, 7) is 5.34. The minimum absolute atomic E-state index is 0.307. The van der Waals surface area contributed by atoms with Gasteiger partial charge in [-0.25, -0.2) is 4.79 Å². The van der Waals surface area contributed by atoms with E-state index in [-0.39, 0.29) is 5.97 Å². The first-order chi connectivity index (χ1) is 9.72. The van der Waals surface area contributed by atoms with E-state index in [0.29, 0.717) is 37.1 Å². The minimum atomic E-state index is -0.307. The van der Waals surface area contributed by atoms with Crippen molar-refractivity contribution in [3.8, 4) is 0 Å². The average Bonchev–Trinajstić information content (AvgIpc) is 3.05. The molecule has 20 heavy (non-hydrogen) atoms. The normalized spacial score (nSPS) is 15.5. The summed E-state index contributed by atoms with van der Waals surface area (Å²) in [5.41, 5.74) is 1.27. The van der Waals surface area contributed by atoms with E-state index in [4.69, 9.17) is 9.47 Å².